The van der Waals surface area contributed by atoms with Crippen molar-refractivity contribution in [3.05, 3.63) is 32.7 Å². The van der Waals surface area contributed by atoms with Gasteiger partial charge in [0.25, 0.3) is 0 Å². The fraction of sp³-hybridized carbons (Fsp3) is 0.571. The maximum atomic E-state index is 3.69. The Labute approximate surface area is 121 Å². The van der Waals surface area contributed by atoms with E-state index >= 15 is 0 Å². The molecular weight excluding hydrogens is 342 g/mol. The number of nitrogens with one attached hydrogen (secondary N) is 1. The van der Waals surface area contributed by atoms with E-state index in [-0.39, 0.29) is 0 Å². The Kier molecular flexibility index (Phi) is 4.67. The second kappa shape index (κ2) is 5.85. The summed E-state index contributed by atoms with van der Waals surface area (Å²) in [5.41, 5.74) is 1.34. The molecule has 3 heteroatoms. The van der Waals surface area contributed by atoms with Crippen LogP contribution in [0.25, 0.3) is 0 Å². The Balaban J connectivity index is 1.92. The number of rotatable bonds is 3. The largest absolute Gasteiger partial charge is 0.310 e. The fourth-order valence-electron chi connectivity index (χ4n) is 2.55. The lowest BCUT2D eigenvalue weighted by Crippen LogP contribution is -2.31. The first-order chi connectivity index (χ1) is 8.08. The summed E-state index contributed by atoms with van der Waals surface area (Å²) in [6, 6.07) is 7.14. The molecule has 1 aromatic rings. The highest BCUT2D eigenvalue weighted by atomic mass is 79.9. The summed E-state index contributed by atoms with van der Waals surface area (Å²) in [5, 5.41) is 3.69. The van der Waals surface area contributed by atoms with Gasteiger partial charge in [0.15, 0.2) is 0 Å². The molecule has 1 aromatic carbocycles. The molecule has 1 saturated carbocycles. The third-order valence-electron chi connectivity index (χ3n) is 4.02. The van der Waals surface area contributed by atoms with Crippen molar-refractivity contribution < 1.29 is 0 Å². The molecule has 0 spiro atoms. The molecule has 1 nitrogen and oxygen atoms in total. The van der Waals surface area contributed by atoms with Crippen molar-refractivity contribution >= 4 is 31.9 Å². The fourth-order valence-corrected chi connectivity index (χ4v) is 3.22. The topological polar surface area (TPSA) is 12.0 Å². The lowest BCUT2D eigenvalue weighted by molar-refractivity contribution is 0.370. The van der Waals surface area contributed by atoms with E-state index in [1.165, 1.54) is 18.4 Å². The summed E-state index contributed by atoms with van der Waals surface area (Å²) >= 11 is 7.04. The lowest BCUT2D eigenvalue weighted by atomic mass is 9.98. The molecule has 17 heavy (non-hydrogen) atoms. The van der Waals surface area contributed by atoms with Gasteiger partial charge < -0.3 is 5.32 Å². The van der Waals surface area contributed by atoms with Gasteiger partial charge in [-0.15, -0.1) is 0 Å². The average molecular weight is 361 g/mol. The second-order valence-electron chi connectivity index (χ2n) is 5.15. The van der Waals surface area contributed by atoms with Crippen molar-refractivity contribution in [3.63, 3.8) is 0 Å². The van der Waals surface area contributed by atoms with Gasteiger partial charge in [-0.25, -0.2) is 0 Å². The smallest absolute Gasteiger partial charge is 0.0320 e. The minimum Gasteiger partial charge on any atom is -0.310 e. The van der Waals surface area contributed by atoms with Crippen LogP contribution in [0.5, 0.6) is 0 Å². The Morgan fingerprint density at radius 3 is 2.53 bits per heavy atom. The molecule has 2 rings (SSSR count). The number of hydrogen-bond donors (Lipinski definition) is 1. The summed E-state index contributed by atoms with van der Waals surface area (Å²) < 4.78 is 2.24. The summed E-state index contributed by atoms with van der Waals surface area (Å²) in [7, 11) is 0. The quantitative estimate of drug-likeness (QED) is 0.821. The molecule has 1 aliphatic rings. The zero-order valence-electron chi connectivity index (χ0n) is 10.3. The summed E-state index contributed by atoms with van der Waals surface area (Å²) in [6.07, 6.45) is 2.68. The van der Waals surface area contributed by atoms with Gasteiger partial charge in [-0.05, 0) is 74.2 Å². The first-order valence-corrected chi connectivity index (χ1v) is 7.84. The van der Waals surface area contributed by atoms with Gasteiger partial charge in [0.05, 0.1) is 0 Å². The van der Waals surface area contributed by atoms with E-state index in [9.17, 15) is 0 Å². The van der Waals surface area contributed by atoms with Gasteiger partial charge in [0.1, 0.15) is 0 Å². The highest BCUT2D eigenvalue weighted by Gasteiger charge is 2.28. The molecule has 0 aliphatic heterocycles. The zero-order valence-corrected chi connectivity index (χ0v) is 13.5. The van der Waals surface area contributed by atoms with E-state index in [2.05, 4.69) is 69.2 Å². The molecular formula is C14H19Br2N. The third-order valence-corrected chi connectivity index (χ3v) is 5.90. The molecule has 0 aromatic heterocycles. The van der Waals surface area contributed by atoms with Gasteiger partial charge in [-0.2, -0.15) is 0 Å². The standard InChI is InChI=1S/C14H19Br2N/c1-9-3-6-14(10(9)2)17-8-11-4-5-12(15)13(16)7-11/h4-5,7,9-10,14,17H,3,6,8H2,1-2H3. The third kappa shape index (κ3) is 3.33. The van der Waals surface area contributed by atoms with Crippen molar-refractivity contribution in [2.45, 2.75) is 39.3 Å². The van der Waals surface area contributed by atoms with E-state index in [1.807, 2.05) is 0 Å². The van der Waals surface area contributed by atoms with Crippen molar-refractivity contribution in [1.82, 2.24) is 5.32 Å². The van der Waals surface area contributed by atoms with Crippen LogP contribution in [0.1, 0.15) is 32.3 Å². The van der Waals surface area contributed by atoms with Crippen LogP contribution in [0.4, 0.5) is 0 Å². The predicted octanol–water partition coefficient (Wildman–Crippen LogP) is 4.74. The van der Waals surface area contributed by atoms with E-state index in [4.69, 9.17) is 0 Å². The van der Waals surface area contributed by atoms with Crippen LogP contribution in [0.3, 0.4) is 0 Å². The van der Waals surface area contributed by atoms with Crippen LogP contribution >= 0.6 is 31.9 Å². The van der Waals surface area contributed by atoms with Crippen LogP contribution < -0.4 is 5.32 Å². The SMILES string of the molecule is CC1CCC(NCc2ccc(Br)c(Br)c2)C1C. The van der Waals surface area contributed by atoms with Gasteiger partial charge in [0.2, 0.25) is 0 Å². The van der Waals surface area contributed by atoms with Gasteiger partial charge >= 0.3 is 0 Å². The molecule has 0 heterocycles. The molecule has 1 fully saturated rings. The number of halogens is 2. The Bertz CT molecular complexity index is 392. The monoisotopic (exact) mass is 359 g/mol. The highest BCUT2D eigenvalue weighted by Crippen LogP contribution is 2.31. The van der Waals surface area contributed by atoms with Crippen molar-refractivity contribution in [2.75, 3.05) is 0 Å². The Hall–Kier alpha value is 0.140. The van der Waals surface area contributed by atoms with Crippen LogP contribution in [0.2, 0.25) is 0 Å². The van der Waals surface area contributed by atoms with Crippen molar-refractivity contribution in [2.24, 2.45) is 11.8 Å². The maximum Gasteiger partial charge on any atom is 0.0320 e. The molecule has 0 radical (unpaired) electrons. The molecule has 94 valence electrons. The van der Waals surface area contributed by atoms with Crippen LogP contribution in [-0.2, 0) is 6.54 Å². The Morgan fingerprint density at radius 2 is 1.94 bits per heavy atom. The molecule has 3 atom stereocenters. The van der Waals surface area contributed by atoms with E-state index in [0.29, 0.717) is 6.04 Å². The molecule has 1 N–H and O–H groups in total. The predicted molar refractivity (Wildman–Crippen MR) is 80.0 cm³/mol. The van der Waals surface area contributed by atoms with Crippen molar-refractivity contribution in [3.8, 4) is 0 Å². The van der Waals surface area contributed by atoms with Crippen LogP contribution in [0, 0.1) is 11.8 Å². The first-order valence-electron chi connectivity index (χ1n) is 6.25. The number of benzene rings is 1. The number of hydrogen-bond acceptors (Lipinski definition) is 1. The van der Waals surface area contributed by atoms with Gasteiger partial charge in [-0.3, -0.25) is 0 Å². The molecule has 0 bridgehead atoms. The molecule has 0 amide bonds. The maximum absolute atomic E-state index is 3.69. The lowest BCUT2D eigenvalue weighted by Gasteiger charge is -2.19. The Morgan fingerprint density at radius 1 is 1.18 bits per heavy atom. The van der Waals surface area contributed by atoms with E-state index in [0.717, 1.165) is 27.3 Å². The average Bonchev–Trinajstić information content (AvgIpc) is 2.62. The first kappa shape index (κ1) is 13.6. The normalized spacial score (nSPS) is 28.6. The minimum absolute atomic E-state index is 0.687. The van der Waals surface area contributed by atoms with Gasteiger partial charge in [0, 0.05) is 21.5 Å². The van der Waals surface area contributed by atoms with E-state index in [1.54, 1.807) is 0 Å². The van der Waals surface area contributed by atoms with Gasteiger partial charge in [-0.1, -0.05) is 19.9 Å². The summed E-state index contributed by atoms with van der Waals surface area (Å²) in [6.45, 7) is 5.70. The van der Waals surface area contributed by atoms with E-state index < -0.39 is 0 Å². The molecule has 1 aliphatic carbocycles. The summed E-state index contributed by atoms with van der Waals surface area (Å²) in [5.74, 6) is 1.66. The van der Waals surface area contributed by atoms with Crippen molar-refractivity contribution in [1.29, 1.82) is 0 Å². The van der Waals surface area contributed by atoms with Crippen LogP contribution in [0.15, 0.2) is 27.1 Å². The van der Waals surface area contributed by atoms with Crippen LogP contribution in [-0.4, -0.2) is 6.04 Å². The molecule has 3 unspecified atom stereocenters. The zero-order chi connectivity index (χ0) is 12.4. The minimum atomic E-state index is 0.687. The highest BCUT2D eigenvalue weighted by molar-refractivity contribution is 9.13. The molecule has 0 saturated heterocycles. The second-order valence-corrected chi connectivity index (χ2v) is 6.86. The summed E-state index contributed by atoms with van der Waals surface area (Å²) in [4.78, 5) is 0.